The molecular formula is C18H30N2O. The molecule has 3 nitrogen and oxygen atoms in total. The highest BCUT2D eigenvalue weighted by Gasteiger charge is 2.22. The lowest BCUT2D eigenvalue weighted by atomic mass is 10.0. The van der Waals surface area contributed by atoms with Crippen molar-refractivity contribution in [2.75, 3.05) is 26.7 Å². The zero-order valence-corrected chi connectivity index (χ0v) is 13.8. The fraction of sp³-hybridized carbons (Fsp3) is 0.667. The van der Waals surface area contributed by atoms with Crippen LogP contribution in [0.2, 0.25) is 0 Å². The van der Waals surface area contributed by atoms with Crippen LogP contribution >= 0.6 is 0 Å². The lowest BCUT2D eigenvalue weighted by Gasteiger charge is -2.36. The summed E-state index contributed by atoms with van der Waals surface area (Å²) in [6.45, 7) is 9.01. The second kappa shape index (κ2) is 8.40. The smallest absolute Gasteiger partial charge is 0.119 e. The van der Waals surface area contributed by atoms with Crippen LogP contribution in [0.5, 0.6) is 5.75 Å². The predicted octanol–water partition coefficient (Wildman–Crippen LogP) is 3.30. The Morgan fingerprint density at radius 1 is 1.33 bits per heavy atom. The number of nitrogens with zero attached hydrogens (tertiary/aromatic N) is 1. The summed E-state index contributed by atoms with van der Waals surface area (Å²) in [7, 11) is 1.73. The highest BCUT2D eigenvalue weighted by molar-refractivity contribution is 5.28. The minimum absolute atomic E-state index is 0.670. The van der Waals surface area contributed by atoms with Gasteiger partial charge in [0.25, 0.3) is 0 Å². The first-order valence-electron chi connectivity index (χ1n) is 8.26. The largest absolute Gasteiger partial charge is 0.497 e. The van der Waals surface area contributed by atoms with Gasteiger partial charge in [-0.05, 0) is 49.5 Å². The second-order valence-electron chi connectivity index (χ2n) is 6.52. The second-order valence-corrected chi connectivity index (χ2v) is 6.52. The zero-order valence-electron chi connectivity index (χ0n) is 13.8. The van der Waals surface area contributed by atoms with Gasteiger partial charge in [0.05, 0.1) is 7.11 Å². The van der Waals surface area contributed by atoms with Gasteiger partial charge in [-0.1, -0.05) is 32.4 Å². The molecule has 1 unspecified atom stereocenters. The third kappa shape index (κ3) is 5.33. The molecular weight excluding hydrogens is 260 g/mol. The molecule has 1 saturated heterocycles. The minimum atomic E-state index is 0.670. The van der Waals surface area contributed by atoms with Crippen LogP contribution in [0.4, 0.5) is 0 Å². The molecule has 1 atom stereocenters. The van der Waals surface area contributed by atoms with Crippen LogP contribution in [0.15, 0.2) is 24.3 Å². The molecule has 0 aliphatic carbocycles. The first-order valence-corrected chi connectivity index (χ1v) is 8.26. The predicted molar refractivity (Wildman–Crippen MR) is 88.8 cm³/mol. The van der Waals surface area contributed by atoms with Gasteiger partial charge in [-0.2, -0.15) is 0 Å². The number of benzene rings is 1. The number of hydrogen-bond acceptors (Lipinski definition) is 3. The summed E-state index contributed by atoms with van der Waals surface area (Å²) >= 11 is 0. The molecule has 1 N–H and O–H groups in total. The monoisotopic (exact) mass is 290 g/mol. The van der Waals surface area contributed by atoms with E-state index < -0.39 is 0 Å². The zero-order chi connectivity index (χ0) is 15.1. The van der Waals surface area contributed by atoms with Crippen molar-refractivity contribution in [1.82, 2.24) is 10.2 Å². The van der Waals surface area contributed by atoms with Crippen LogP contribution in [0.3, 0.4) is 0 Å². The molecule has 0 amide bonds. The molecule has 1 aromatic carbocycles. The van der Waals surface area contributed by atoms with Crippen LogP contribution < -0.4 is 10.1 Å². The number of piperidine rings is 1. The normalized spacial score (nSPS) is 19.9. The van der Waals surface area contributed by atoms with Crippen molar-refractivity contribution < 1.29 is 4.74 Å². The van der Waals surface area contributed by atoms with Crippen molar-refractivity contribution in [3.8, 4) is 5.75 Å². The standard InChI is InChI=1S/C18H30N2O/c1-15(2)12-19-13-17-8-4-5-10-20(17)14-16-7-6-9-18(11-16)21-3/h6-7,9,11,15,17,19H,4-5,8,10,12-14H2,1-3H3. The number of nitrogens with one attached hydrogen (secondary N) is 1. The Morgan fingerprint density at radius 3 is 2.95 bits per heavy atom. The van der Waals surface area contributed by atoms with Crippen molar-refractivity contribution >= 4 is 0 Å². The van der Waals surface area contributed by atoms with Gasteiger partial charge in [0.1, 0.15) is 5.75 Å². The van der Waals surface area contributed by atoms with Crippen LogP contribution in [0, 0.1) is 5.92 Å². The Kier molecular flexibility index (Phi) is 6.52. The Balaban J connectivity index is 1.91. The molecule has 21 heavy (non-hydrogen) atoms. The first kappa shape index (κ1) is 16.3. The summed E-state index contributed by atoms with van der Waals surface area (Å²) in [5, 5.41) is 3.63. The molecule has 2 rings (SSSR count). The van der Waals surface area contributed by atoms with Crippen LogP contribution in [-0.4, -0.2) is 37.7 Å². The molecule has 3 heteroatoms. The van der Waals surface area contributed by atoms with E-state index in [4.69, 9.17) is 4.74 Å². The molecule has 1 aliphatic heterocycles. The van der Waals surface area contributed by atoms with Crippen molar-refractivity contribution in [3.05, 3.63) is 29.8 Å². The van der Waals surface area contributed by atoms with E-state index >= 15 is 0 Å². The molecule has 1 aromatic rings. The van der Waals surface area contributed by atoms with E-state index in [-0.39, 0.29) is 0 Å². The third-order valence-corrected chi connectivity index (χ3v) is 4.20. The first-order chi connectivity index (χ1) is 10.2. The van der Waals surface area contributed by atoms with E-state index in [0.717, 1.165) is 31.3 Å². The summed E-state index contributed by atoms with van der Waals surface area (Å²) in [4.78, 5) is 2.63. The SMILES string of the molecule is COc1cccc(CN2CCCCC2CNCC(C)C)c1. The van der Waals surface area contributed by atoms with E-state index in [9.17, 15) is 0 Å². The molecule has 0 aromatic heterocycles. The summed E-state index contributed by atoms with van der Waals surface area (Å²) in [5.74, 6) is 1.68. The van der Waals surface area contributed by atoms with Gasteiger partial charge < -0.3 is 10.1 Å². The molecule has 0 spiro atoms. The van der Waals surface area contributed by atoms with Crippen molar-refractivity contribution in [1.29, 1.82) is 0 Å². The van der Waals surface area contributed by atoms with E-state index in [1.54, 1.807) is 7.11 Å². The highest BCUT2D eigenvalue weighted by atomic mass is 16.5. The van der Waals surface area contributed by atoms with Crippen molar-refractivity contribution in [2.24, 2.45) is 5.92 Å². The Bertz CT molecular complexity index is 419. The Morgan fingerprint density at radius 2 is 2.19 bits per heavy atom. The van der Waals surface area contributed by atoms with Gasteiger partial charge in [-0.25, -0.2) is 0 Å². The van der Waals surface area contributed by atoms with Crippen LogP contribution in [0.1, 0.15) is 38.7 Å². The topological polar surface area (TPSA) is 24.5 Å². The third-order valence-electron chi connectivity index (χ3n) is 4.20. The maximum atomic E-state index is 5.33. The number of hydrogen-bond donors (Lipinski definition) is 1. The summed E-state index contributed by atoms with van der Waals surface area (Å²) in [5.41, 5.74) is 1.35. The van der Waals surface area contributed by atoms with Crippen LogP contribution in [0.25, 0.3) is 0 Å². The van der Waals surface area contributed by atoms with Gasteiger partial charge in [-0.3, -0.25) is 4.90 Å². The molecule has 0 radical (unpaired) electrons. The fourth-order valence-electron chi connectivity index (χ4n) is 3.04. The van der Waals surface area contributed by atoms with Gasteiger partial charge in [-0.15, -0.1) is 0 Å². The van der Waals surface area contributed by atoms with Gasteiger partial charge >= 0.3 is 0 Å². The number of likely N-dealkylation sites (tertiary alicyclic amines) is 1. The number of rotatable bonds is 7. The van der Waals surface area contributed by atoms with Crippen LogP contribution in [-0.2, 0) is 6.54 Å². The average molecular weight is 290 g/mol. The van der Waals surface area contributed by atoms with Crippen molar-refractivity contribution in [3.63, 3.8) is 0 Å². The molecule has 0 saturated carbocycles. The summed E-state index contributed by atoms with van der Waals surface area (Å²) < 4.78 is 5.33. The highest BCUT2D eigenvalue weighted by Crippen LogP contribution is 2.21. The molecule has 1 aliphatic rings. The molecule has 1 fully saturated rings. The van der Waals surface area contributed by atoms with E-state index in [2.05, 4.69) is 42.3 Å². The lowest BCUT2D eigenvalue weighted by molar-refractivity contribution is 0.137. The van der Waals surface area contributed by atoms with E-state index in [1.165, 1.54) is 31.4 Å². The summed E-state index contributed by atoms with van der Waals surface area (Å²) in [6, 6.07) is 9.14. The van der Waals surface area contributed by atoms with Crippen molar-refractivity contribution in [2.45, 2.75) is 45.7 Å². The quantitative estimate of drug-likeness (QED) is 0.834. The Labute approximate surface area is 129 Å². The summed E-state index contributed by atoms with van der Waals surface area (Å²) in [6.07, 6.45) is 4.00. The Hall–Kier alpha value is -1.06. The molecule has 0 bridgehead atoms. The minimum Gasteiger partial charge on any atom is -0.497 e. The van der Waals surface area contributed by atoms with E-state index in [0.29, 0.717) is 6.04 Å². The molecule has 118 valence electrons. The molecule has 1 heterocycles. The van der Waals surface area contributed by atoms with Gasteiger partial charge in [0.15, 0.2) is 0 Å². The number of ether oxygens (including phenoxy) is 1. The maximum Gasteiger partial charge on any atom is 0.119 e. The van der Waals surface area contributed by atoms with Gasteiger partial charge in [0, 0.05) is 19.1 Å². The van der Waals surface area contributed by atoms with E-state index in [1.807, 2.05) is 6.07 Å². The lowest BCUT2D eigenvalue weighted by Crippen LogP contribution is -2.45. The fourth-order valence-corrected chi connectivity index (χ4v) is 3.04. The number of methoxy groups -OCH3 is 1. The average Bonchev–Trinajstić information content (AvgIpc) is 2.49. The maximum absolute atomic E-state index is 5.33. The van der Waals surface area contributed by atoms with Gasteiger partial charge in [0.2, 0.25) is 0 Å².